The molecule has 2 rings (SSSR count). The van der Waals surface area contributed by atoms with Crippen molar-refractivity contribution in [3.8, 4) is 0 Å². The lowest BCUT2D eigenvalue weighted by Gasteiger charge is -2.25. The first-order valence-corrected chi connectivity index (χ1v) is 7.59. The molecule has 0 aromatic carbocycles. The standard InChI is InChI=1S/C16H23N3O3/c1-10(14(20)17-2)18(3)15(21)12-9-11-7-5-6-8-13(11)19(4)16(12)22/h9-10H,5-8H2,1-4H3,(H,17,20)/t10-/m1/s1. The summed E-state index contributed by atoms with van der Waals surface area (Å²) in [6.45, 7) is 1.64. The Morgan fingerprint density at radius 1 is 1.32 bits per heavy atom. The van der Waals surface area contributed by atoms with E-state index in [0.29, 0.717) is 0 Å². The molecular formula is C16H23N3O3. The van der Waals surface area contributed by atoms with Gasteiger partial charge in [-0.2, -0.15) is 0 Å². The van der Waals surface area contributed by atoms with Crippen molar-refractivity contribution < 1.29 is 9.59 Å². The summed E-state index contributed by atoms with van der Waals surface area (Å²) in [7, 11) is 4.78. The van der Waals surface area contributed by atoms with Crippen LogP contribution in [0, 0.1) is 0 Å². The van der Waals surface area contributed by atoms with Crippen molar-refractivity contribution in [3.63, 3.8) is 0 Å². The topological polar surface area (TPSA) is 71.4 Å². The van der Waals surface area contributed by atoms with Crippen molar-refractivity contribution in [1.82, 2.24) is 14.8 Å². The number of nitrogens with zero attached hydrogens (tertiary/aromatic N) is 2. The molecule has 0 spiro atoms. The first-order chi connectivity index (χ1) is 10.4. The molecule has 6 heteroatoms. The van der Waals surface area contributed by atoms with Crippen molar-refractivity contribution in [1.29, 1.82) is 0 Å². The van der Waals surface area contributed by atoms with Gasteiger partial charge in [-0.15, -0.1) is 0 Å². The predicted octanol–water partition coefficient (Wildman–Crippen LogP) is 0.471. The van der Waals surface area contributed by atoms with Gasteiger partial charge in [0.1, 0.15) is 11.6 Å². The van der Waals surface area contributed by atoms with Crippen molar-refractivity contribution in [2.75, 3.05) is 14.1 Å². The molecule has 0 radical (unpaired) electrons. The molecule has 0 fully saturated rings. The Kier molecular flexibility index (Phi) is 4.68. The summed E-state index contributed by atoms with van der Waals surface area (Å²) in [6, 6.07) is 1.09. The number of carbonyl (C=O) groups is 2. The van der Waals surface area contributed by atoms with Crippen molar-refractivity contribution >= 4 is 11.8 Å². The van der Waals surface area contributed by atoms with Gasteiger partial charge in [0.25, 0.3) is 11.5 Å². The normalized spacial score (nSPS) is 14.9. The second-order valence-corrected chi connectivity index (χ2v) is 5.81. The second-order valence-electron chi connectivity index (χ2n) is 5.81. The van der Waals surface area contributed by atoms with Crippen molar-refractivity contribution in [2.24, 2.45) is 7.05 Å². The quantitative estimate of drug-likeness (QED) is 0.882. The second kappa shape index (κ2) is 6.34. The van der Waals surface area contributed by atoms with Gasteiger partial charge < -0.3 is 14.8 Å². The smallest absolute Gasteiger partial charge is 0.263 e. The molecule has 1 N–H and O–H groups in total. The number of rotatable bonds is 3. The van der Waals surface area contributed by atoms with Gasteiger partial charge in [-0.1, -0.05) is 0 Å². The highest BCUT2D eigenvalue weighted by Crippen LogP contribution is 2.20. The van der Waals surface area contributed by atoms with Crippen LogP contribution in [0.15, 0.2) is 10.9 Å². The third-order valence-electron chi connectivity index (χ3n) is 4.50. The summed E-state index contributed by atoms with van der Waals surface area (Å²) >= 11 is 0. The van der Waals surface area contributed by atoms with Crippen LogP contribution in [0.1, 0.15) is 41.4 Å². The minimum absolute atomic E-state index is 0.140. The first kappa shape index (κ1) is 16.3. The zero-order chi connectivity index (χ0) is 16.4. The molecule has 0 saturated carbocycles. The monoisotopic (exact) mass is 305 g/mol. The van der Waals surface area contributed by atoms with Gasteiger partial charge in [-0.05, 0) is 44.2 Å². The minimum Gasteiger partial charge on any atom is -0.357 e. The largest absolute Gasteiger partial charge is 0.357 e. The molecule has 1 aromatic rings. The summed E-state index contributed by atoms with van der Waals surface area (Å²) in [6.07, 6.45) is 3.91. The van der Waals surface area contributed by atoms with E-state index in [1.165, 1.54) is 11.9 Å². The average Bonchev–Trinajstić information content (AvgIpc) is 2.55. The Bertz CT molecular complexity index is 663. The van der Waals surface area contributed by atoms with Gasteiger partial charge in [-0.25, -0.2) is 0 Å². The van der Waals surface area contributed by atoms with E-state index >= 15 is 0 Å². The molecule has 0 saturated heterocycles. The Hall–Kier alpha value is -2.11. The van der Waals surface area contributed by atoms with Crippen molar-refractivity contribution in [3.05, 3.63) is 33.2 Å². The Balaban J connectivity index is 2.40. The van der Waals surface area contributed by atoms with E-state index in [9.17, 15) is 14.4 Å². The highest BCUT2D eigenvalue weighted by Gasteiger charge is 2.26. The summed E-state index contributed by atoms with van der Waals surface area (Å²) in [5.41, 5.74) is 1.94. The van der Waals surface area contributed by atoms with Gasteiger partial charge in [0.05, 0.1) is 0 Å². The van der Waals surface area contributed by atoms with Crippen LogP contribution in [-0.2, 0) is 24.7 Å². The number of fused-ring (bicyclic) bond motifs is 1. The highest BCUT2D eigenvalue weighted by molar-refractivity contribution is 5.97. The number of hydrogen-bond donors (Lipinski definition) is 1. The Morgan fingerprint density at radius 3 is 2.59 bits per heavy atom. The molecule has 1 aromatic heterocycles. The average molecular weight is 305 g/mol. The number of likely N-dealkylation sites (N-methyl/N-ethyl adjacent to an activating group) is 2. The highest BCUT2D eigenvalue weighted by atomic mass is 16.2. The summed E-state index contributed by atoms with van der Waals surface area (Å²) in [5.74, 6) is -0.671. The zero-order valence-electron chi connectivity index (χ0n) is 13.6. The van der Waals surface area contributed by atoms with Crippen LogP contribution < -0.4 is 10.9 Å². The molecule has 1 aliphatic rings. The van der Waals surface area contributed by atoms with Crippen LogP contribution in [-0.4, -0.2) is 41.4 Å². The molecule has 1 atom stereocenters. The summed E-state index contributed by atoms with van der Waals surface area (Å²) in [5, 5.41) is 2.51. The van der Waals surface area contributed by atoms with E-state index in [1.807, 2.05) is 0 Å². The van der Waals surface area contributed by atoms with E-state index in [1.54, 1.807) is 31.7 Å². The van der Waals surface area contributed by atoms with Gasteiger partial charge in [-0.3, -0.25) is 14.4 Å². The number of carbonyl (C=O) groups excluding carboxylic acids is 2. The molecule has 2 amide bonds. The molecule has 6 nitrogen and oxygen atoms in total. The van der Waals surface area contributed by atoms with Crippen LogP contribution in [0.25, 0.3) is 0 Å². The first-order valence-electron chi connectivity index (χ1n) is 7.59. The molecule has 0 bridgehead atoms. The number of aryl methyl sites for hydroxylation is 1. The van der Waals surface area contributed by atoms with E-state index in [-0.39, 0.29) is 17.0 Å². The Morgan fingerprint density at radius 2 is 1.95 bits per heavy atom. The molecular weight excluding hydrogens is 282 g/mol. The van der Waals surface area contributed by atoms with E-state index in [0.717, 1.165) is 36.9 Å². The van der Waals surface area contributed by atoms with Gasteiger partial charge in [0.15, 0.2) is 0 Å². The Labute approximate surface area is 130 Å². The van der Waals surface area contributed by atoms with Crippen molar-refractivity contribution in [2.45, 2.75) is 38.6 Å². The van der Waals surface area contributed by atoms with Crippen LogP contribution in [0.5, 0.6) is 0 Å². The lowest BCUT2D eigenvalue weighted by molar-refractivity contribution is -0.124. The molecule has 0 unspecified atom stereocenters. The number of amides is 2. The fourth-order valence-corrected chi connectivity index (χ4v) is 2.89. The maximum atomic E-state index is 12.6. The third-order valence-corrected chi connectivity index (χ3v) is 4.50. The maximum Gasteiger partial charge on any atom is 0.263 e. The lowest BCUT2D eigenvalue weighted by atomic mass is 9.94. The van der Waals surface area contributed by atoms with Gasteiger partial charge in [0, 0.05) is 26.8 Å². The summed E-state index contributed by atoms with van der Waals surface area (Å²) < 4.78 is 1.58. The zero-order valence-corrected chi connectivity index (χ0v) is 13.6. The van der Waals surface area contributed by atoms with Crippen LogP contribution >= 0.6 is 0 Å². The van der Waals surface area contributed by atoms with Crippen LogP contribution in [0.4, 0.5) is 0 Å². The molecule has 1 aliphatic carbocycles. The predicted molar refractivity (Wildman–Crippen MR) is 83.9 cm³/mol. The molecule has 1 heterocycles. The number of aromatic nitrogens is 1. The summed E-state index contributed by atoms with van der Waals surface area (Å²) in [4.78, 5) is 38.1. The number of nitrogens with one attached hydrogen (secondary N) is 1. The van der Waals surface area contributed by atoms with Gasteiger partial charge >= 0.3 is 0 Å². The van der Waals surface area contributed by atoms with E-state index in [2.05, 4.69) is 5.32 Å². The minimum atomic E-state index is -0.627. The molecule has 22 heavy (non-hydrogen) atoms. The van der Waals surface area contributed by atoms with Gasteiger partial charge in [0.2, 0.25) is 5.91 Å². The fraction of sp³-hybridized carbons (Fsp3) is 0.562. The molecule has 120 valence electrons. The van der Waals surface area contributed by atoms with Crippen LogP contribution in [0.2, 0.25) is 0 Å². The number of hydrogen-bond acceptors (Lipinski definition) is 3. The van der Waals surface area contributed by atoms with E-state index in [4.69, 9.17) is 0 Å². The third kappa shape index (κ3) is 2.77. The fourth-order valence-electron chi connectivity index (χ4n) is 2.89. The SMILES string of the molecule is CNC(=O)[C@@H](C)N(C)C(=O)c1cc2c(n(C)c1=O)CCCC2. The van der Waals surface area contributed by atoms with Crippen LogP contribution in [0.3, 0.4) is 0 Å². The van der Waals surface area contributed by atoms with E-state index < -0.39 is 11.9 Å². The number of pyridine rings is 1. The molecule has 0 aliphatic heterocycles. The maximum absolute atomic E-state index is 12.6. The lowest BCUT2D eigenvalue weighted by Crippen LogP contribution is -2.46.